The molecule has 3 rings (SSSR count). The topological polar surface area (TPSA) is 35.9 Å². The van der Waals surface area contributed by atoms with Gasteiger partial charge in [0, 0.05) is 50.2 Å². The van der Waals surface area contributed by atoms with Crippen molar-refractivity contribution < 1.29 is 9.84 Å². The van der Waals surface area contributed by atoms with E-state index in [1.165, 1.54) is 10.4 Å². The molecule has 0 aliphatic carbocycles. The number of rotatable bonds is 8. The molecule has 2 heterocycles. The number of aliphatic hydroxyl groups excluding tert-OH is 1. The maximum Gasteiger partial charge on any atom is 0.118 e. The number of ether oxygens (including phenoxy) is 1. The van der Waals surface area contributed by atoms with E-state index >= 15 is 0 Å². The molecular formula is C21H28N2O2S. The molecule has 2 aromatic rings. The first-order chi connectivity index (χ1) is 12.8. The zero-order valence-electron chi connectivity index (χ0n) is 15.4. The number of benzene rings is 1. The highest BCUT2D eigenvalue weighted by Crippen LogP contribution is 2.19. The molecule has 1 aromatic heterocycles. The highest BCUT2D eigenvalue weighted by molar-refractivity contribution is 7.09. The lowest BCUT2D eigenvalue weighted by Crippen LogP contribution is -2.52. The quantitative estimate of drug-likeness (QED) is 0.771. The Kier molecular flexibility index (Phi) is 7.26. The second kappa shape index (κ2) is 9.88. The molecule has 4 nitrogen and oxygen atoms in total. The summed E-state index contributed by atoms with van der Waals surface area (Å²) in [5.41, 5.74) is 1.19. The Balaban J connectivity index is 1.52. The summed E-state index contributed by atoms with van der Waals surface area (Å²) in [6.45, 7) is 5.33. The molecule has 0 saturated carbocycles. The molecule has 1 atom stereocenters. The van der Waals surface area contributed by atoms with Gasteiger partial charge in [0.1, 0.15) is 5.75 Å². The van der Waals surface area contributed by atoms with E-state index in [9.17, 15) is 5.11 Å². The fourth-order valence-electron chi connectivity index (χ4n) is 3.41. The Labute approximate surface area is 160 Å². The first-order valence-electron chi connectivity index (χ1n) is 9.18. The number of hydrogen-bond donors (Lipinski definition) is 1. The van der Waals surface area contributed by atoms with Crippen LogP contribution in [0.5, 0.6) is 5.75 Å². The van der Waals surface area contributed by atoms with Gasteiger partial charge in [0.25, 0.3) is 0 Å². The van der Waals surface area contributed by atoms with Gasteiger partial charge in [-0.15, -0.1) is 11.3 Å². The predicted octanol–water partition coefficient (Wildman–Crippen LogP) is 3.34. The summed E-state index contributed by atoms with van der Waals surface area (Å²) in [6.07, 6.45) is 5.23. The van der Waals surface area contributed by atoms with Crippen LogP contribution in [0.25, 0.3) is 6.08 Å². The van der Waals surface area contributed by atoms with Crippen LogP contribution in [0, 0.1) is 0 Å². The van der Waals surface area contributed by atoms with Crippen LogP contribution >= 0.6 is 11.3 Å². The molecule has 1 aliphatic heterocycles. The van der Waals surface area contributed by atoms with Crippen molar-refractivity contribution in [2.24, 2.45) is 0 Å². The van der Waals surface area contributed by atoms with Crippen molar-refractivity contribution in [3.8, 4) is 5.75 Å². The molecule has 1 unspecified atom stereocenters. The average molecular weight is 373 g/mol. The van der Waals surface area contributed by atoms with Gasteiger partial charge in [0.05, 0.1) is 7.11 Å². The van der Waals surface area contributed by atoms with Crippen molar-refractivity contribution in [1.82, 2.24) is 9.80 Å². The van der Waals surface area contributed by atoms with Gasteiger partial charge in [-0.05, 0) is 35.6 Å². The van der Waals surface area contributed by atoms with Gasteiger partial charge in [-0.2, -0.15) is 0 Å². The van der Waals surface area contributed by atoms with Crippen LogP contribution in [0.4, 0.5) is 0 Å². The molecule has 140 valence electrons. The lowest BCUT2D eigenvalue weighted by atomic mass is 10.1. The Bertz CT molecular complexity index is 670. The zero-order chi connectivity index (χ0) is 18.2. The van der Waals surface area contributed by atoms with Crippen molar-refractivity contribution in [3.05, 3.63) is 58.3 Å². The highest BCUT2D eigenvalue weighted by Gasteiger charge is 2.26. The zero-order valence-corrected chi connectivity index (χ0v) is 16.2. The molecule has 1 fully saturated rings. The van der Waals surface area contributed by atoms with E-state index in [1.54, 1.807) is 7.11 Å². The summed E-state index contributed by atoms with van der Waals surface area (Å²) in [5.74, 6) is 0.885. The SMILES string of the molecule is COc1ccc(/C=C/CN2CCN(Cc3cccs3)C(CCO)C2)cc1. The smallest absolute Gasteiger partial charge is 0.118 e. The second-order valence-corrected chi connectivity index (χ2v) is 7.68. The highest BCUT2D eigenvalue weighted by atomic mass is 32.1. The fraction of sp³-hybridized carbons (Fsp3) is 0.429. The third-order valence-corrected chi connectivity index (χ3v) is 5.74. The van der Waals surface area contributed by atoms with Gasteiger partial charge < -0.3 is 9.84 Å². The van der Waals surface area contributed by atoms with Crippen LogP contribution in [0.1, 0.15) is 16.9 Å². The van der Waals surface area contributed by atoms with Crippen LogP contribution < -0.4 is 4.74 Å². The number of nitrogens with zero attached hydrogens (tertiary/aromatic N) is 2. The Hall–Kier alpha value is -1.66. The normalized spacial score (nSPS) is 19.2. The van der Waals surface area contributed by atoms with Gasteiger partial charge in [-0.1, -0.05) is 30.4 Å². The van der Waals surface area contributed by atoms with Crippen LogP contribution in [0.3, 0.4) is 0 Å². The van der Waals surface area contributed by atoms with E-state index in [0.29, 0.717) is 6.04 Å². The molecule has 0 radical (unpaired) electrons. The number of hydrogen-bond acceptors (Lipinski definition) is 5. The molecule has 0 amide bonds. The maximum atomic E-state index is 9.45. The molecule has 1 saturated heterocycles. The third kappa shape index (κ3) is 5.42. The van der Waals surface area contributed by atoms with Crippen molar-refractivity contribution >= 4 is 17.4 Å². The molecule has 5 heteroatoms. The van der Waals surface area contributed by atoms with Gasteiger partial charge in [0.15, 0.2) is 0 Å². The van der Waals surface area contributed by atoms with Crippen molar-refractivity contribution in [2.75, 3.05) is 39.9 Å². The summed E-state index contributed by atoms with van der Waals surface area (Å²) in [4.78, 5) is 6.40. The summed E-state index contributed by atoms with van der Waals surface area (Å²) in [6, 6.07) is 12.9. The average Bonchev–Trinajstić information content (AvgIpc) is 3.18. The fourth-order valence-corrected chi connectivity index (χ4v) is 4.14. The molecule has 0 bridgehead atoms. The standard InChI is InChI=1S/C21H28N2O2S/c1-25-20-8-6-18(7-9-20)4-2-11-22-12-13-23(19(16-22)10-14-24)17-21-5-3-15-26-21/h2-9,15,19,24H,10-14,16-17H2,1H3/b4-2+. The van der Waals surface area contributed by atoms with Gasteiger partial charge in [0.2, 0.25) is 0 Å². The predicted molar refractivity (Wildman–Crippen MR) is 109 cm³/mol. The lowest BCUT2D eigenvalue weighted by Gasteiger charge is -2.41. The number of methoxy groups -OCH3 is 1. The van der Waals surface area contributed by atoms with Crippen molar-refractivity contribution in [1.29, 1.82) is 0 Å². The van der Waals surface area contributed by atoms with E-state index in [1.807, 2.05) is 23.5 Å². The Morgan fingerprint density at radius 3 is 2.77 bits per heavy atom. The summed E-state index contributed by atoms with van der Waals surface area (Å²) in [7, 11) is 1.69. The van der Waals surface area contributed by atoms with E-state index in [-0.39, 0.29) is 6.61 Å². The van der Waals surface area contributed by atoms with Crippen LogP contribution in [-0.4, -0.2) is 60.8 Å². The van der Waals surface area contributed by atoms with Crippen molar-refractivity contribution in [2.45, 2.75) is 19.0 Å². The number of thiophene rings is 1. The lowest BCUT2D eigenvalue weighted by molar-refractivity contribution is 0.0604. The van der Waals surface area contributed by atoms with Crippen LogP contribution in [-0.2, 0) is 6.54 Å². The van der Waals surface area contributed by atoms with Crippen LogP contribution in [0.15, 0.2) is 47.9 Å². The molecule has 1 N–H and O–H groups in total. The number of aliphatic hydroxyl groups is 1. The Morgan fingerprint density at radius 2 is 2.08 bits per heavy atom. The van der Waals surface area contributed by atoms with Gasteiger partial charge in [-0.3, -0.25) is 9.80 Å². The van der Waals surface area contributed by atoms with Gasteiger partial charge in [-0.25, -0.2) is 0 Å². The number of piperazine rings is 1. The Morgan fingerprint density at radius 1 is 1.23 bits per heavy atom. The van der Waals surface area contributed by atoms with E-state index in [0.717, 1.165) is 44.9 Å². The molecule has 1 aliphatic rings. The molecule has 0 spiro atoms. The summed E-state index contributed by atoms with van der Waals surface area (Å²) >= 11 is 1.81. The van der Waals surface area contributed by atoms with E-state index in [4.69, 9.17) is 4.74 Å². The van der Waals surface area contributed by atoms with E-state index < -0.39 is 0 Å². The summed E-state index contributed by atoms with van der Waals surface area (Å²) < 4.78 is 5.19. The minimum absolute atomic E-state index is 0.251. The van der Waals surface area contributed by atoms with Gasteiger partial charge >= 0.3 is 0 Å². The summed E-state index contributed by atoms with van der Waals surface area (Å²) in [5, 5.41) is 11.6. The monoisotopic (exact) mass is 372 g/mol. The minimum Gasteiger partial charge on any atom is -0.497 e. The van der Waals surface area contributed by atoms with Crippen molar-refractivity contribution in [3.63, 3.8) is 0 Å². The largest absolute Gasteiger partial charge is 0.497 e. The molecular weight excluding hydrogens is 344 g/mol. The minimum atomic E-state index is 0.251. The second-order valence-electron chi connectivity index (χ2n) is 6.65. The first kappa shape index (κ1) is 19.1. The van der Waals surface area contributed by atoms with Crippen LogP contribution in [0.2, 0.25) is 0 Å². The molecule has 1 aromatic carbocycles. The first-order valence-corrected chi connectivity index (χ1v) is 10.1. The molecule has 26 heavy (non-hydrogen) atoms. The third-order valence-electron chi connectivity index (χ3n) is 4.88. The maximum absolute atomic E-state index is 9.45. The van der Waals surface area contributed by atoms with E-state index in [2.05, 4.69) is 51.6 Å².